The van der Waals surface area contributed by atoms with Crippen molar-refractivity contribution in [3.63, 3.8) is 0 Å². The number of carbonyl (C=O) groups excluding carboxylic acids is 2. The van der Waals surface area contributed by atoms with E-state index in [1.165, 1.54) is 47.0 Å². The summed E-state index contributed by atoms with van der Waals surface area (Å²) < 4.78 is 31.2. The molecule has 9 heteroatoms. The van der Waals surface area contributed by atoms with Crippen LogP contribution in [0.5, 0.6) is 0 Å². The quantitative estimate of drug-likeness (QED) is 0.752. The number of nitrogens with one attached hydrogen (secondary N) is 2. The summed E-state index contributed by atoms with van der Waals surface area (Å²) in [5, 5.41) is 0. The highest BCUT2D eigenvalue weighted by molar-refractivity contribution is 7.89. The van der Waals surface area contributed by atoms with E-state index in [0.29, 0.717) is 13.1 Å². The van der Waals surface area contributed by atoms with Crippen molar-refractivity contribution >= 4 is 21.8 Å². The van der Waals surface area contributed by atoms with Gasteiger partial charge in [0.1, 0.15) is 0 Å². The molecule has 0 aliphatic heterocycles. The summed E-state index contributed by atoms with van der Waals surface area (Å²) in [6, 6.07) is 8.60. The minimum absolute atomic E-state index is 0.0150. The van der Waals surface area contributed by atoms with E-state index in [1.54, 1.807) is 13.8 Å². The van der Waals surface area contributed by atoms with Crippen LogP contribution in [0.2, 0.25) is 0 Å². The Hall–Kier alpha value is -2.65. The zero-order valence-corrected chi connectivity index (χ0v) is 14.7. The van der Waals surface area contributed by atoms with E-state index in [9.17, 15) is 18.0 Å². The number of amides is 2. The number of sulfonamides is 1. The van der Waals surface area contributed by atoms with Crippen LogP contribution in [0.3, 0.4) is 0 Å². The van der Waals surface area contributed by atoms with Gasteiger partial charge in [-0.25, -0.2) is 8.42 Å². The lowest BCUT2D eigenvalue weighted by atomic mass is 10.2. The first kappa shape index (κ1) is 18.7. The van der Waals surface area contributed by atoms with Gasteiger partial charge in [0.05, 0.1) is 11.2 Å². The molecule has 0 bridgehead atoms. The van der Waals surface area contributed by atoms with Gasteiger partial charge in [0.25, 0.3) is 5.91 Å². The smallest absolute Gasteiger partial charge is 0.305 e. The van der Waals surface area contributed by atoms with Gasteiger partial charge >= 0.3 is 5.91 Å². The fourth-order valence-corrected chi connectivity index (χ4v) is 3.67. The highest BCUT2D eigenvalue weighted by Crippen LogP contribution is 2.16. The molecule has 0 saturated carbocycles. The Labute approximate surface area is 145 Å². The van der Waals surface area contributed by atoms with Gasteiger partial charge in [0, 0.05) is 18.7 Å². The van der Waals surface area contributed by atoms with Crippen molar-refractivity contribution in [2.24, 2.45) is 0 Å². The summed E-state index contributed by atoms with van der Waals surface area (Å²) in [5.74, 6) is -1.22. The largest absolute Gasteiger partial charge is 0.459 e. The fraction of sp³-hybridized carbons (Fsp3) is 0.250. The Morgan fingerprint density at radius 1 is 1.04 bits per heavy atom. The molecule has 0 saturated heterocycles. The second-order valence-electron chi connectivity index (χ2n) is 5.00. The third-order valence-corrected chi connectivity index (χ3v) is 5.52. The average Bonchev–Trinajstić information content (AvgIpc) is 3.15. The summed E-state index contributed by atoms with van der Waals surface area (Å²) in [7, 11) is -3.67. The first-order valence-corrected chi connectivity index (χ1v) is 9.08. The van der Waals surface area contributed by atoms with E-state index < -0.39 is 21.8 Å². The van der Waals surface area contributed by atoms with Gasteiger partial charge in [-0.05, 0) is 30.3 Å². The lowest BCUT2D eigenvalue weighted by Gasteiger charge is -2.18. The van der Waals surface area contributed by atoms with Gasteiger partial charge in [-0.3, -0.25) is 20.4 Å². The second kappa shape index (κ2) is 7.95. The van der Waals surface area contributed by atoms with Crippen LogP contribution in [0.1, 0.15) is 34.8 Å². The topological polar surface area (TPSA) is 109 Å². The maximum atomic E-state index is 12.5. The minimum Gasteiger partial charge on any atom is -0.459 e. The molecular formula is C16H19N3O5S. The van der Waals surface area contributed by atoms with Crippen LogP contribution in [0, 0.1) is 0 Å². The van der Waals surface area contributed by atoms with Gasteiger partial charge in [-0.2, -0.15) is 4.31 Å². The molecule has 0 spiro atoms. The van der Waals surface area contributed by atoms with E-state index in [-0.39, 0.29) is 16.2 Å². The van der Waals surface area contributed by atoms with Crippen LogP contribution >= 0.6 is 0 Å². The fourth-order valence-electron chi connectivity index (χ4n) is 2.17. The number of furan rings is 1. The molecule has 1 heterocycles. The Morgan fingerprint density at radius 2 is 1.72 bits per heavy atom. The van der Waals surface area contributed by atoms with Gasteiger partial charge in [0.15, 0.2) is 5.76 Å². The molecule has 1 aromatic carbocycles. The van der Waals surface area contributed by atoms with Gasteiger partial charge in [-0.15, -0.1) is 0 Å². The van der Waals surface area contributed by atoms with Crippen LogP contribution in [0.15, 0.2) is 52.0 Å². The van der Waals surface area contributed by atoms with Crippen LogP contribution in [0.25, 0.3) is 0 Å². The molecule has 0 aliphatic rings. The SMILES string of the molecule is CCN(CC)S(=O)(=O)c1cccc(C(=O)NNC(=O)c2ccco2)c1. The molecule has 8 nitrogen and oxygen atoms in total. The van der Waals surface area contributed by atoms with Gasteiger partial charge in [-0.1, -0.05) is 19.9 Å². The lowest BCUT2D eigenvalue weighted by molar-refractivity contribution is 0.0831. The Morgan fingerprint density at radius 3 is 2.32 bits per heavy atom. The maximum absolute atomic E-state index is 12.5. The number of nitrogens with zero attached hydrogens (tertiary/aromatic N) is 1. The van der Waals surface area contributed by atoms with E-state index in [0.717, 1.165) is 0 Å². The molecule has 134 valence electrons. The summed E-state index contributed by atoms with van der Waals surface area (Å²) in [5.41, 5.74) is 4.52. The molecule has 0 radical (unpaired) electrons. The van der Waals surface area contributed by atoms with Crippen LogP contribution in [0.4, 0.5) is 0 Å². The molecule has 2 rings (SSSR count). The summed E-state index contributed by atoms with van der Waals surface area (Å²) in [4.78, 5) is 23.9. The molecule has 1 aromatic heterocycles. The number of benzene rings is 1. The van der Waals surface area contributed by atoms with Crippen molar-refractivity contribution in [2.75, 3.05) is 13.1 Å². The molecule has 25 heavy (non-hydrogen) atoms. The molecule has 0 atom stereocenters. The Bertz CT molecular complexity index is 842. The van der Waals surface area contributed by atoms with E-state index in [4.69, 9.17) is 4.42 Å². The summed E-state index contributed by atoms with van der Waals surface area (Å²) >= 11 is 0. The molecule has 0 unspecified atom stereocenters. The third-order valence-electron chi connectivity index (χ3n) is 3.47. The third kappa shape index (κ3) is 4.25. The van der Waals surface area contributed by atoms with Crippen molar-refractivity contribution in [3.05, 3.63) is 54.0 Å². The van der Waals surface area contributed by atoms with Gasteiger partial charge in [0.2, 0.25) is 10.0 Å². The summed E-state index contributed by atoms with van der Waals surface area (Å²) in [6.45, 7) is 4.13. The Kier molecular flexibility index (Phi) is 5.94. The normalized spacial score (nSPS) is 11.3. The predicted octanol–water partition coefficient (Wildman–Crippen LogP) is 1.38. The number of rotatable bonds is 6. The highest BCUT2D eigenvalue weighted by Gasteiger charge is 2.22. The number of hydrogen-bond acceptors (Lipinski definition) is 5. The molecule has 2 aromatic rings. The van der Waals surface area contributed by atoms with E-state index in [2.05, 4.69) is 10.9 Å². The van der Waals surface area contributed by atoms with Crippen LogP contribution < -0.4 is 10.9 Å². The second-order valence-corrected chi connectivity index (χ2v) is 6.94. The van der Waals surface area contributed by atoms with Crippen molar-refractivity contribution in [1.29, 1.82) is 0 Å². The van der Waals surface area contributed by atoms with E-state index in [1.807, 2.05) is 0 Å². The first-order valence-electron chi connectivity index (χ1n) is 7.64. The standard InChI is InChI=1S/C16H19N3O5S/c1-3-19(4-2)25(22,23)13-8-5-7-12(11-13)15(20)17-18-16(21)14-9-6-10-24-14/h5-11H,3-4H2,1-2H3,(H,17,20)(H,18,21). The highest BCUT2D eigenvalue weighted by atomic mass is 32.2. The Balaban J connectivity index is 2.12. The molecule has 0 fully saturated rings. The first-order chi connectivity index (χ1) is 11.9. The number of hydrogen-bond donors (Lipinski definition) is 2. The maximum Gasteiger partial charge on any atom is 0.305 e. The minimum atomic E-state index is -3.67. The van der Waals surface area contributed by atoms with Crippen molar-refractivity contribution in [2.45, 2.75) is 18.7 Å². The molecule has 0 aliphatic carbocycles. The average molecular weight is 365 g/mol. The zero-order chi connectivity index (χ0) is 18.4. The van der Waals surface area contributed by atoms with Crippen LogP contribution in [-0.4, -0.2) is 37.6 Å². The van der Waals surface area contributed by atoms with Crippen molar-refractivity contribution in [3.8, 4) is 0 Å². The summed E-state index contributed by atoms with van der Waals surface area (Å²) in [6.07, 6.45) is 1.33. The number of hydrazine groups is 1. The number of carbonyl (C=O) groups is 2. The van der Waals surface area contributed by atoms with E-state index >= 15 is 0 Å². The lowest BCUT2D eigenvalue weighted by Crippen LogP contribution is -2.41. The van der Waals surface area contributed by atoms with Gasteiger partial charge < -0.3 is 4.42 Å². The molecule has 2 N–H and O–H groups in total. The predicted molar refractivity (Wildman–Crippen MR) is 90.2 cm³/mol. The van der Waals surface area contributed by atoms with Crippen LogP contribution in [-0.2, 0) is 10.0 Å². The molecule has 2 amide bonds. The monoisotopic (exact) mass is 365 g/mol. The molecular weight excluding hydrogens is 346 g/mol. The van der Waals surface area contributed by atoms with Crippen molar-refractivity contribution < 1.29 is 22.4 Å². The van der Waals surface area contributed by atoms with Crippen molar-refractivity contribution in [1.82, 2.24) is 15.2 Å². The zero-order valence-electron chi connectivity index (χ0n) is 13.9.